The van der Waals surface area contributed by atoms with Gasteiger partial charge in [-0.1, -0.05) is 92.7 Å². The number of rotatable bonds is 17. The van der Waals surface area contributed by atoms with Crippen molar-refractivity contribution < 1.29 is 81.0 Å². The quantitative estimate of drug-likeness (QED) is 0.0226. The molecule has 0 spiro atoms. The Morgan fingerprint density at radius 1 is 0.814 bits per heavy atom. The molecule has 0 unspecified atom stereocenters. The third kappa shape index (κ3) is 10.6. The van der Waals surface area contributed by atoms with Crippen LogP contribution in [0.25, 0.3) is 6.08 Å². The van der Waals surface area contributed by atoms with Gasteiger partial charge in [-0.05, 0) is 60.9 Å². The van der Waals surface area contributed by atoms with E-state index in [-0.39, 0.29) is 64.0 Å². The molecule has 86 heavy (non-hydrogen) atoms. The van der Waals surface area contributed by atoms with Crippen molar-refractivity contribution in [3.05, 3.63) is 187 Å². The van der Waals surface area contributed by atoms with Crippen LogP contribution in [0.2, 0.25) is 0 Å². The number of nitro benzene ring substituents is 2. The van der Waals surface area contributed by atoms with Crippen LogP contribution < -0.4 is 9.47 Å². The number of para-hydroxylation sites is 2. The van der Waals surface area contributed by atoms with Gasteiger partial charge in [0.05, 0.1) is 60.2 Å². The summed E-state index contributed by atoms with van der Waals surface area (Å²) in [5.74, 6) is -5.37. The Balaban J connectivity index is 1.15. The molecule has 2 saturated heterocycles. The third-order valence-electron chi connectivity index (χ3n) is 17.5. The van der Waals surface area contributed by atoms with Gasteiger partial charge in [0.1, 0.15) is 46.3 Å². The van der Waals surface area contributed by atoms with Gasteiger partial charge in [0.2, 0.25) is 6.10 Å². The van der Waals surface area contributed by atoms with Crippen molar-refractivity contribution >= 4 is 59.2 Å². The molecule has 5 aromatic carbocycles. The van der Waals surface area contributed by atoms with Gasteiger partial charge in [-0.2, -0.15) is 0 Å². The number of hydrogen-bond acceptors (Lipinski definition) is 21. The standard InChI is InChI=1S/C63H63N3O19S/c1-35-46(81-59(71)54-52(38-19-11-9-12-20-38)64(33-41-23-15-16-24-43(41)65(73)74)50(82-54)29-40-27-28-42(77-7)30-45(40)78-8)32-63(72)57(83-58(70)39-21-13-10-14-22-39)55-61(6,56(69)53(80-36(2)67)51(35)60(63,4)5)48(31-49-62(55,34-79-49)84-37(3)68)85-86-47-26-18-17-25-44(47)66(75)76/h9-30,46,48-49,52-55,57,72H,31-34H2,1-8H3/b50-29-/t46-,48-,49+,52-,53+,54+,55-,57-,61+,62-,63+/m0/s1. The lowest BCUT2D eigenvalue weighted by Gasteiger charge is -2.67. The van der Waals surface area contributed by atoms with E-state index in [4.69, 9.17) is 42.1 Å². The molecular formula is C63H63N3O19S. The fourth-order valence-electron chi connectivity index (χ4n) is 13.2. The summed E-state index contributed by atoms with van der Waals surface area (Å²) >= 11 is 0.597. The maximum Gasteiger partial charge on any atom is 0.350 e. The van der Waals surface area contributed by atoms with Gasteiger partial charge >= 0.3 is 23.9 Å². The number of nitrogens with zero attached hydrogens (tertiary/aromatic N) is 3. The molecule has 5 aliphatic rings. The zero-order chi connectivity index (χ0) is 61.6. The Kier molecular flexibility index (Phi) is 16.6. The van der Waals surface area contributed by atoms with E-state index in [0.717, 1.165) is 13.8 Å². The van der Waals surface area contributed by atoms with Crippen LogP contribution in [0.15, 0.2) is 149 Å². The molecule has 10 rings (SSSR count). The number of nitro groups is 2. The lowest BCUT2D eigenvalue weighted by molar-refractivity contribution is -0.387. The maximum atomic E-state index is 16.6. The van der Waals surface area contributed by atoms with Crippen LogP contribution in [0.4, 0.5) is 11.4 Å². The van der Waals surface area contributed by atoms with Crippen molar-refractivity contribution in [2.24, 2.45) is 16.7 Å². The molecule has 2 saturated carbocycles. The second-order valence-corrected chi connectivity index (χ2v) is 23.4. The number of fused-ring (bicyclic) bond motifs is 5. The number of ketones is 1. The smallest absolute Gasteiger partial charge is 0.350 e. The SMILES string of the molecule is COc1ccc(/C=C2\O[C@@H](C(=O)O[C@H]3C[C@@]4(O)[C@@H](OC(=O)c5ccccc5)[C@@H]5[C@]6(OC(C)=O)CO[C@@H]6C[C@H](OSc6ccccc6[N+](=O)[O-])[C@@]5(C)C(=O)[C@H](OC(C)=O)C(=C3C)C4(C)C)[C@H](c3ccccc3)N2Cc2ccccc2[N+](=O)[O-])c(OC)c1. The second-order valence-electron chi connectivity index (χ2n) is 22.6. The van der Waals surface area contributed by atoms with Crippen LogP contribution in [0, 0.1) is 37.0 Å². The molecule has 4 fully saturated rings. The first-order chi connectivity index (χ1) is 41.0. The van der Waals surface area contributed by atoms with Gasteiger partial charge < -0.3 is 52.1 Å². The normalized spacial score (nSPS) is 28.5. The number of methoxy groups -OCH3 is 2. The van der Waals surface area contributed by atoms with Gasteiger partial charge in [0.15, 0.2) is 23.4 Å². The molecule has 0 radical (unpaired) electrons. The Morgan fingerprint density at radius 2 is 1.47 bits per heavy atom. The maximum absolute atomic E-state index is 16.6. The average molecular weight is 1200 g/mol. The predicted octanol–water partition coefficient (Wildman–Crippen LogP) is 9.41. The molecular weight excluding hydrogens is 1130 g/mol. The predicted molar refractivity (Wildman–Crippen MR) is 307 cm³/mol. The van der Waals surface area contributed by atoms with Crippen molar-refractivity contribution in [2.75, 3.05) is 20.8 Å². The number of aliphatic hydroxyl groups is 1. The average Bonchev–Trinajstić information content (AvgIpc) is 0.756. The summed E-state index contributed by atoms with van der Waals surface area (Å²) in [5.41, 5.74) is -7.40. The molecule has 5 aromatic rings. The molecule has 22 nitrogen and oxygen atoms in total. The van der Waals surface area contributed by atoms with Crippen molar-refractivity contribution in [1.29, 1.82) is 0 Å². The van der Waals surface area contributed by atoms with Gasteiger partial charge in [-0.3, -0.25) is 34.6 Å². The van der Waals surface area contributed by atoms with Crippen LogP contribution >= 0.6 is 12.0 Å². The lowest BCUT2D eigenvalue weighted by atomic mass is 9.44. The summed E-state index contributed by atoms with van der Waals surface area (Å²) in [6.45, 7) is 7.86. The lowest BCUT2D eigenvalue weighted by Crippen LogP contribution is -2.82. The van der Waals surface area contributed by atoms with Crippen LogP contribution in [0.3, 0.4) is 0 Å². The number of hydrogen-bond donors (Lipinski definition) is 1. The van der Waals surface area contributed by atoms with Gasteiger partial charge in [0.25, 0.3) is 11.4 Å². The van der Waals surface area contributed by atoms with Crippen molar-refractivity contribution in [1.82, 2.24) is 4.90 Å². The summed E-state index contributed by atoms with van der Waals surface area (Å²) in [5, 5.41) is 39.3. The molecule has 2 aliphatic heterocycles. The van der Waals surface area contributed by atoms with Crippen molar-refractivity contribution in [2.45, 2.75) is 120 Å². The van der Waals surface area contributed by atoms with E-state index >= 15 is 9.59 Å². The largest absolute Gasteiger partial charge is 0.497 e. The number of esters is 4. The first kappa shape index (κ1) is 60.5. The van der Waals surface area contributed by atoms with E-state index < -0.39 is 117 Å². The Bertz CT molecular complexity index is 3580. The topological polar surface area (TPSA) is 278 Å². The molecule has 11 atom stereocenters. The summed E-state index contributed by atoms with van der Waals surface area (Å²) in [4.78, 5) is 100.0. The summed E-state index contributed by atoms with van der Waals surface area (Å²) in [7, 11) is 2.96. The highest BCUT2D eigenvalue weighted by molar-refractivity contribution is 7.94. The zero-order valence-corrected chi connectivity index (χ0v) is 49.0. The summed E-state index contributed by atoms with van der Waals surface area (Å²) < 4.78 is 56.6. The van der Waals surface area contributed by atoms with Crippen molar-refractivity contribution in [3.8, 4) is 11.5 Å². The van der Waals surface area contributed by atoms with E-state index in [2.05, 4.69) is 0 Å². The van der Waals surface area contributed by atoms with Gasteiger partial charge in [0, 0.05) is 79.5 Å². The van der Waals surface area contributed by atoms with E-state index in [1.165, 1.54) is 63.6 Å². The summed E-state index contributed by atoms with van der Waals surface area (Å²) in [6.07, 6.45) is -8.67. The highest BCUT2D eigenvalue weighted by Crippen LogP contribution is 2.65. The minimum Gasteiger partial charge on any atom is -0.497 e. The highest BCUT2D eigenvalue weighted by atomic mass is 32.2. The van der Waals surface area contributed by atoms with Gasteiger partial charge in [-0.15, -0.1) is 0 Å². The Hall–Kier alpha value is -8.64. The van der Waals surface area contributed by atoms with E-state index in [1.807, 2.05) is 0 Å². The monoisotopic (exact) mass is 1200 g/mol. The number of carbonyl (C=O) groups excluding carboxylic acids is 5. The second kappa shape index (κ2) is 23.7. The van der Waals surface area contributed by atoms with Gasteiger partial charge in [-0.25, -0.2) is 9.59 Å². The third-order valence-corrected chi connectivity index (χ3v) is 18.4. The molecule has 2 heterocycles. The highest BCUT2D eigenvalue weighted by Gasteiger charge is 2.79. The number of Topliss-reactive ketones (excluding diaryl/α,β-unsaturated/α-hetero) is 1. The Labute approximate surface area is 498 Å². The van der Waals surface area contributed by atoms with Crippen LogP contribution in [-0.2, 0) is 58.3 Å². The number of carbonyl (C=O) groups is 5. The molecule has 1 N–H and O–H groups in total. The first-order valence-corrected chi connectivity index (χ1v) is 28.4. The van der Waals surface area contributed by atoms with E-state index in [9.17, 15) is 39.7 Å². The van der Waals surface area contributed by atoms with Crippen LogP contribution in [-0.4, -0.2) is 118 Å². The molecule has 2 bridgehead atoms. The Morgan fingerprint density at radius 3 is 2.09 bits per heavy atom. The zero-order valence-electron chi connectivity index (χ0n) is 48.2. The molecule has 23 heteroatoms. The molecule has 3 aliphatic carbocycles. The van der Waals surface area contributed by atoms with Crippen molar-refractivity contribution in [3.63, 3.8) is 0 Å². The fraction of sp³-hybridized carbons (Fsp3) is 0.381. The molecule has 0 amide bonds. The minimum absolute atomic E-state index is 0.0258. The van der Waals surface area contributed by atoms with E-state index in [0.29, 0.717) is 34.7 Å². The fourth-order valence-corrected chi connectivity index (χ4v) is 14.1. The summed E-state index contributed by atoms with van der Waals surface area (Å²) in [6, 6.07) is 32.5. The number of ether oxygens (including phenoxy) is 8. The van der Waals surface area contributed by atoms with Crippen LogP contribution in [0.1, 0.15) is 87.5 Å². The minimum atomic E-state index is -2.51. The molecule has 0 aromatic heterocycles. The van der Waals surface area contributed by atoms with Crippen LogP contribution in [0.5, 0.6) is 11.5 Å². The van der Waals surface area contributed by atoms with E-state index in [1.54, 1.807) is 117 Å². The number of benzene rings is 5. The first-order valence-electron chi connectivity index (χ1n) is 27.6. The molecule has 450 valence electrons.